The second-order valence-corrected chi connectivity index (χ2v) is 8.75. The third kappa shape index (κ3) is 4.07. The zero-order valence-corrected chi connectivity index (χ0v) is 15.6. The van der Waals surface area contributed by atoms with Crippen LogP contribution in [0.1, 0.15) is 59.3 Å². The Morgan fingerprint density at radius 3 is 1.78 bits per heavy atom. The summed E-state index contributed by atoms with van der Waals surface area (Å²) in [5, 5.41) is 9.89. The highest BCUT2D eigenvalue weighted by Gasteiger charge is 2.75. The highest BCUT2D eigenvalue weighted by Crippen LogP contribution is 2.57. The van der Waals surface area contributed by atoms with Crippen molar-refractivity contribution >= 4 is 5.97 Å². The Hall–Kier alpha value is -0.990. The van der Waals surface area contributed by atoms with Gasteiger partial charge in [0.05, 0.1) is 5.41 Å². The number of ether oxygens (including phenoxy) is 1. The predicted molar refractivity (Wildman–Crippen MR) is 84.6 cm³/mol. The van der Waals surface area contributed by atoms with Gasteiger partial charge in [-0.15, -0.1) is 0 Å². The number of esters is 1. The molecule has 0 aromatic heterocycles. The summed E-state index contributed by atoms with van der Waals surface area (Å²) >= 11 is 0. The minimum absolute atomic E-state index is 0.123. The minimum Gasteiger partial charge on any atom is -0.462 e. The quantitative estimate of drug-likeness (QED) is 0.520. The first-order valence-electron chi connectivity index (χ1n) is 9.17. The van der Waals surface area contributed by atoms with Crippen LogP contribution in [0.5, 0.6) is 0 Å². The molecule has 0 aromatic rings. The number of halogens is 6. The SMILES string of the molecule is CC(C)(C)C(=O)OC1CCC(C(O)(C(F)(F)F)C(F)(F)F)C2CCCCC12. The smallest absolute Gasteiger partial charge is 0.426 e. The standard InChI is InChI=1S/C18H26F6O3/c1-15(2,3)14(25)27-13-9-8-12(10-6-4-5-7-11(10)13)16(26,17(19,20)21)18(22,23)24/h10-13,26H,4-9H2,1-3H3. The molecule has 0 aromatic carbocycles. The van der Waals surface area contributed by atoms with Gasteiger partial charge in [0.15, 0.2) is 0 Å². The van der Waals surface area contributed by atoms with Gasteiger partial charge in [-0.2, -0.15) is 26.3 Å². The molecule has 0 aliphatic heterocycles. The van der Waals surface area contributed by atoms with Gasteiger partial charge in [0, 0.05) is 5.92 Å². The van der Waals surface area contributed by atoms with E-state index in [1.54, 1.807) is 20.8 Å². The van der Waals surface area contributed by atoms with E-state index in [1.807, 2.05) is 0 Å². The van der Waals surface area contributed by atoms with Gasteiger partial charge in [-0.1, -0.05) is 12.8 Å². The van der Waals surface area contributed by atoms with Gasteiger partial charge in [-0.3, -0.25) is 4.79 Å². The second kappa shape index (κ2) is 7.12. The van der Waals surface area contributed by atoms with E-state index >= 15 is 0 Å². The Labute approximate surface area is 154 Å². The van der Waals surface area contributed by atoms with Crippen LogP contribution in [0.2, 0.25) is 0 Å². The Balaban J connectivity index is 2.34. The lowest BCUT2D eigenvalue weighted by Gasteiger charge is -2.51. The summed E-state index contributed by atoms with van der Waals surface area (Å²) in [6.45, 7) is 4.89. The van der Waals surface area contributed by atoms with Gasteiger partial charge in [-0.25, -0.2) is 0 Å². The Bertz CT molecular complexity index is 535. The molecule has 4 unspecified atom stereocenters. The molecular weight excluding hydrogens is 378 g/mol. The molecular formula is C18H26F6O3. The topological polar surface area (TPSA) is 46.5 Å². The zero-order chi connectivity index (χ0) is 20.8. The number of carbonyl (C=O) groups is 1. The van der Waals surface area contributed by atoms with Crippen molar-refractivity contribution in [2.75, 3.05) is 0 Å². The number of hydrogen-bond acceptors (Lipinski definition) is 3. The molecule has 0 radical (unpaired) electrons. The fraction of sp³-hybridized carbons (Fsp3) is 0.944. The van der Waals surface area contributed by atoms with Gasteiger partial charge in [0.25, 0.3) is 5.60 Å². The fourth-order valence-electron chi connectivity index (χ4n) is 4.48. The summed E-state index contributed by atoms with van der Waals surface area (Å²) < 4.78 is 85.6. The van der Waals surface area contributed by atoms with E-state index in [0.29, 0.717) is 19.3 Å². The molecule has 1 N–H and O–H groups in total. The molecule has 0 heterocycles. The van der Waals surface area contributed by atoms with E-state index in [9.17, 15) is 36.2 Å². The molecule has 2 rings (SSSR count). The molecule has 0 spiro atoms. The highest BCUT2D eigenvalue weighted by molar-refractivity contribution is 5.75. The lowest BCUT2D eigenvalue weighted by Crippen LogP contribution is -2.65. The Kier molecular flexibility index (Phi) is 5.88. The van der Waals surface area contributed by atoms with Crippen LogP contribution >= 0.6 is 0 Å². The molecule has 0 saturated heterocycles. The molecule has 3 nitrogen and oxygen atoms in total. The largest absolute Gasteiger partial charge is 0.462 e. The number of aliphatic hydroxyl groups is 1. The third-order valence-corrected chi connectivity index (χ3v) is 5.90. The van der Waals surface area contributed by atoms with Crippen LogP contribution in [-0.4, -0.2) is 35.1 Å². The fourth-order valence-corrected chi connectivity index (χ4v) is 4.48. The van der Waals surface area contributed by atoms with Crippen LogP contribution in [0.3, 0.4) is 0 Å². The van der Waals surface area contributed by atoms with E-state index in [2.05, 4.69) is 0 Å². The van der Waals surface area contributed by atoms with Crippen molar-refractivity contribution in [2.45, 2.75) is 83.4 Å². The summed E-state index contributed by atoms with van der Waals surface area (Å²) in [5.74, 6) is -4.14. The normalized spacial score (nSPS) is 30.6. The molecule has 2 aliphatic rings. The van der Waals surface area contributed by atoms with Crippen LogP contribution in [0, 0.1) is 23.2 Å². The van der Waals surface area contributed by atoms with Crippen molar-refractivity contribution in [1.29, 1.82) is 0 Å². The maximum Gasteiger partial charge on any atom is 0.426 e. The van der Waals surface area contributed by atoms with Crippen molar-refractivity contribution in [3.8, 4) is 0 Å². The van der Waals surface area contributed by atoms with Gasteiger partial charge in [-0.05, 0) is 58.3 Å². The van der Waals surface area contributed by atoms with Crippen LogP contribution in [0.25, 0.3) is 0 Å². The van der Waals surface area contributed by atoms with Crippen LogP contribution in [-0.2, 0) is 9.53 Å². The molecule has 27 heavy (non-hydrogen) atoms. The molecule has 0 bridgehead atoms. The first-order chi connectivity index (χ1) is 12.1. The summed E-state index contributed by atoms with van der Waals surface area (Å²) in [6, 6.07) is 0. The second-order valence-electron chi connectivity index (χ2n) is 8.75. The maximum atomic E-state index is 13.4. The highest BCUT2D eigenvalue weighted by atomic mass is 19.4. The molecule has 0 amide bonds. The van der Waals surface area contributed by atoms with Crippen LogP contribution < -0.4 is 0 Å². The summed E-state index contributed by atoms with van der Waals surface area (Å²) in [6.07, 6.45) is -11.3. The molecule has 2 saturated carbocycles. The van der Waals surface area contributed by atoms with E-state index in [1.165, 1.54) is 0 Å². The zero-order valence-electron chi connectivity index (χ0n) is 15.6. The summed E-state index contributed by atoms with van der Waals surface area (Å²) in [7, 11) is 0. The van der Waals surface area contributed by atoms with Crippen molar-refractivity contribution < 1.29 is 41.0 Å². The van der Waals surface area contributed by atoms with Gasteiger partial charge in [0.1, 0.15) is 6.10 Å². The van der Waals surface area contributed by atoms with E-state index in [-0.39, 0.29) is 12.8 Å². The van der Waals surface area contributed by atoms with Gasteiger partial charge < -0.3 is 9.84 Å². The van der Waals surface area contributed by atoms with Crippen LogP contribution in [0.4, 0.5) is 26.3 Å². The van der Waals surface area contributed by atoms with Gasteiger partial charge in [0.2, 0.25) is 0 Å². The molecule has 9 heteroatoms. The molecule has 158 valence electrons. The molecule has 4 atom stereocenters. The van der Waals surface area contributed by atoms with Crippen molar-refractivity contribution in [3.05, 3.63) is 0 Å². The number of hydrogen-bond donors (Lipinski definition) is 1. The van der Waals surface area contributed by atoms with E-state index < -0.39 is 59.6 Å². The monoisotopic (exact) mass is 404 g/mol. The summed E-state index contributed by atoms with van der Waals surface area (Å²) in [5.41, 5.74) is -5.57. The Morgan fingerprint density at radius 2 is 1.33 bits per heavy atom. The predicted octanol–water partition coefficient (Wildman–Crippen LogP) is 5.02. The van der Waals surface area contributed by atoms with Crippen molar-refractivity contribution in [2.24, 2.45) is 23.2 Å². The van der Waals surface area contributed by atoms with E-state index in [0.717, 1.165) is 0 Å². The Morgan fingerprint density at radius 1 is 0.852 bits per heavy atom. The third-order valence-electron chi connectivity index (χ3n) is 5.90. The van der Waals surface area contributed by atoms with Crippen molar-refractivity contribution in [1.82, 2.24) is 0 Å². The maximum absolute atomic E-state index is 13.4. The van der Waals surface area contributed by atoms with Crippen molar-refractivity contribution in [3.63, 3.8) is 0 Å². The lowest BCUT2D eigenvalue weighted by atomic mass is 9.59. The average molecular weight is 404 g/mol. The minimum atomic E-state index is -5.83. The first-order valence-corrected chi connectivity index (χ1v) is 9.17. The number of carbonyl (C=O) groups excluding carboxylic acids is 1. The summed E-state index contributed by atoms with van der Waals surface area (Å²) in [4.78, 5) is 12.2. The molecule has 2 fully saturated rings. The first kappa shape index (κ1) is 22.3. The average Bonchev–Trinajstić information content (AvgIpc) is 2.51. The van der Waals surface area contributed by atoms with Crippen LogP contribution in [0.15, 0.2) is 0 Å². The lowest BCUT2D eigenvalue weighted by molar-refractivity contribution is -0.394. The number of rotatable bonds is 2. The number of fused-ring (bicyclic) bond motifs is 1. The molecule has 2 aliphatic carbocycles. The number of alkyl halides is 6. The van der Waals surface area contributed by atoms with E-state index in [4.69, 9.17) is 4.74 Å². The van der Waals surface area contributed by atoms with Gasteiger partial charge >= 0.3 is 18.3 Å².